The maximum atomic E-state index is 6.78. The van der Waals surface area contributed by atoms with E-state index in [1.165, 1.54) is 49.9 Å². The van der Waals surface area contributed by atoms with Crippen molar-refractivity contribution in [1.29, 1.82) is 0 Å². The second-order valence-corrected chi connectivity index (χ2v) is 9.47. The van der Waals surface area contributed by atoms with Crippen molar-refractivity contribution >= 4 is 5.71 Å². The number of H-pyrrole nitrogens is 2. The fourth-order valence-electron chi connectivity index (χ4n) is 6.10. The number of aromatic amines is 2. The molecule has 162 valence electrons. The highest BCUT2D eigenvalue weighted by Gasteiger charge is 2.58. The molecule has 0 aliphatic carbocycles. The van der Waals surface area contributed by atoms with Gasteiger partial charge in [0.1, 0.15) is 6.10 Å². The van der Waals surface area contributed by atoms with Crippen LogP contribution < -0.4 is 0 Å². The van der Waals surface area contributed by atoms with Gasteiger partial charge in [0.2, 0.25) is 0 Å². The molecule has 3 aliphatic rings. The van der Waals surface area contributed by atoms with Gasteiger partial charge in [-0.1, -0.05) is 25.7 Å². The summed E-state index contributed by atoms with van der Waals surface area (Å²) in [6.07, 6.45) is 12.9. The van der Waals surface area contributed by atoms with Crippen molar-refractivity contribution in [3.8, 4) is 0 Å². The van der Waals surface area contributed by atoms with Crippen molar-refractivity contribution in [2.45, 2.75) is 88.6 Å². The predicted octanol–water partition coefficient (Wildman–Crippen LogP) is 5.35. The normalized spacial score (nSPS) is 34.8. The molecule has 2 N–H and O–H groups in total. The Morgan fingerprint density at radius 2 is 2.00 bits per heavy atom. The summed E-state index contributed by atoms with van der Waals surface area (Å²) in [7, 11) is 1.81. The van der Waals surface area contributed by atoms with Crippen LogP contribution in [0.15, 0.2) is 35.5 Å². The number of nitrogens with one attached hydrogen (secondary N) is 2. The quantitative estimate of drug-likeness (QED) is 0.702. The van der Waals surface area contributed by atoms with Crippen molar-refractivity contribution in [3.63, 3.8) is 0 Å². The maximum Gasteiger partial charge on any atom is 0.194 e. The van der Waals surface area contributed by atoms with Crippen LogP contribution >= 0.6 is 0 Å². The lowest BCUT2D eigenvalue weighted by molar-refractivity contribution is -0.200. The molecule has 0 aromatic carbocycles. The van der Waals surface area contributed by atoms with E-state index in [9.17, 15) is 0 Å². The number of nitrogens with zero attached hydrogens (tertiary/aromatic N) is 1. The van der Waals surface area contributed by atoms with Gasteiger partial charge in [0.25, 0.3) is 0 Å². The molecule has 5 rings (SSSR count). The van der Waals surface area contributed by atoms with Crippen molar-refractivity contribution in [1.82, 2.24) is 9.97 Å². The number of ether oxygens (including phenoxy) is 2. The van der Waals surface area contributed by atoms with E-state index in [1.54, 1.807) is 0 Å². The van der Waals surface area contributed by atoms with Gasteiger partial charge < -0.3 is 19.4 Å². The smallest absolute Gasteiger partial charge is 0.194 e. The number of methoxy groups -OCH3 is 1. The van der Waals surface area contributed by atoms with Crippen molar-refractivity contribution in [2.24, 2.45) is 10.9 Å². The fraction of sp³-hybridized carbons (Fsp3) is 0.640. The number of hydrogen-bond acceptors (Lipinski definition) is 3. The van der Waals surface area contributed by atoms with Gasteiger partial charge in [-0.05, 0) is 62.8 Å². The average molecular weight is 410 g/mol. The average Bonchev–Trinajstić information content (AvgIpc) is 3.46. The van der Waals surface area contributed by atoms with Crippen LogP contribution in [0.25, 0.3) is 0 Å². The molecule has 30 heavy (non-hydrogen) atoms. The first-order valence-electron chi connectivity index (χ1n) is 11.8. The van der Waals surface area contributed by atoms with Crippen LogP contribution in [0.1, 0.15) is 81.3 Å². The Morgan fingerprint density at radius 3 is 2.83 bits per heavy atom. The molecule has 0 saturated carbocycles. The Bertz CT molecular complexity index is 871. The van der Waals surface area contributed by atoms with Gasteiger partial charge in [-0.3, -0.25) is 0 Å². The number of aryl methyl sites for hydroxylation is 1. The van der Waals surface area contributed by atoms with E-state index in [2.05, 4.69) is 35.1 Å². The van der Waals surface area contributed by atoms with Gasteiger partial charge in [0, 0.05) is 31.1 Å². The number of aliphatic imine (C=N–C) groups is 1. The molecule has 5 atom stereocenters. The van der Waals surface area contributed by atoms with Crippen molar-refractivity contribution in [3.05, 3.63) is 47.5 Å². The second kappa shape index (κ2) is 8.35. The molecule has 0 unspecified atom stereocenters. The summed E-state index contributed by atoms with van der Waals surface area (Å²) in [5.74, 6) is 0.739. The van der Waals surface area contributed by atoms with Crippen LogP contribution in [-0.4, -0.2) is 40.7 Å². The minimum atomic E-state index is -0.663. The summed E-state index contributed by atoms with van der Waals surface area (Å²) < 4.78 is 12.9. The van der Waals surface area contributed by atoms with Gasteiger partial charge in [-0.2, -0.15) is 0 Å². The minimum Gasteiger partial charge on any atom is -0.376 e. The molecule has 1 saturated heterocycles. The molecule has 5 heteroatoms. The minimum absolute atomic E-state index is 0.0781. The highest BCUT2D eigenvalue weighted by molar-refractivity contribution is 6.01. The molecule has 1 spiro atoms. The Labute approximate surface area is 179 Å². The number of aromatic nitrogens is 2. The highest BCUT2D eigenvalue weighted by atomic mass is 16.6. The highest BCUT2D eigenvalue weighted by Crippen LogP contribution is 2.53. The molecule has 0 radical (unpaired) electrons. The predicted molar refractivity (Wildman–Crippen MR) is 119 cm³/mol. The molecule has 0 amide bonds. The first kappa shape index (κ1) is 20.1. The molecule has 5 nitrogen and oxygen atoms in total. The lowest BCUT2D eigenvalue weighted by atomic mass is 9.72. The summed E-state index contributed by atoms with van der Waals surface area (Å²) in [6, 6.07) is 8.70. The van der Waals surface area contributed by atoms with E-state index in [0.29, 0.717) is 5.92 Å². The second-order valence-electron chi connectivity index (χ2n) is 9.47. The van der Waals surface area contributed by atoms with E-state index >= 15 is 0 Å². The van der Waals surface area contributed by atoms with E-state index < -0.39 is 5.72 Å². The zero-order valence-corrected chi connectivity index (χ0v) is 18.3. The summed E-state index contributed by atoms with van der Waals surface area (Å²) in [4.78, 5) is 12.4. The van der Waals surface area contributed by atoms with Crippen LogP contribution in [0, 0.1) is 5.92 Å². The molecular weight excluding hydrogens is 374 g/mol. The Hall–Kier alpha value is -1.85. The molecule has 5 heterocycles. The topological polar surface area (TPSA) is 62.4 Å². The molecule has 2 aromatic rings. The third-order valence-electron chi connectivity index (χ3n) is 7.41. The molecule has 1 fully saturated rings. The summed E-state index contributed by atoms with van der Waals surface area (Å²) in [5.41, 5.74) is 4.11. The molecule has 2 bridgehead atoms. The van der Waals surface area contributed by atoms with Crippen molar-refractivity contribution in [2.75, 3.05) is 7.11 Å². The third-order valence-corrected chi connectivity index (χ3v) is 7.41. The number of rotatable bonds is 2. The Morgan fingerprint density at radius 1 is 1.13 bits per heavy atom. The van der Waals surface area contributed by atoms with Gasteiger partial charge in [0.05, 0.1) is 23.4 Å². The van der Waals surface area contributed by atoms with Crippen LogP contribution in [-0.2, 0) is 15.9 Å². The summed E-state index contributed by atoms with van der Waals surface area (Å²) in [5, 5.41) is 0. The molecule has 2 aromatic heterocycles. The van der Waals surface area contributed by atoms with Crippen LogP contribution in [0.2, 0.25) is 0 Å². The van der Waals surface area contributed by atoms with Gasteiger partial charge in [-0.25, -0.2) is 4.99 Å². The zero-order valence-electron chi connectivity index (χ0n) is 18.3. The monoisotopic (exact) mass is 409 g/mol. The number of fused-ring (bicyclic) bond motifs is 5. The van der Waals surface area contributed by atoms with E-state index in [1.807, 2.05) is 19.4 Å². The third kappa shape index (κ3) is 3.56. The largest absolute Gasteiger partial charge is 0.376 e. The SMILES string of the molecule is CO[C@@H]1CC(c2ccc[nH]2)=N[C@]12O[C@@H](C)C[C@@H]1CCCCCCCc3ccc([nH]3)[C@H]12. The lowest BCUT2D eigenvalue weighted by Crippen LogP contribution is -2.54. The maximum absolute atomic E-state index is 6.78. The van der Waals surface area contributed by atoms with Crippen LogP contribution in [0.5, 0.6) is 0 Å². The lowest BCUT2D eigenvalue weighted by Gasteiger charge is -2.48. The van der Waals surface area contributed by atoms with E-state index in [-0.39, 0.29) is 18.1 Å². The number of hydrogen-bond donors (Lipinski definition) is 2. The summed E-state index contributed by atoms with van der Waals surface area (Å²) in [6.45, 7) is 2.21. The summed E-state index contributed by atoms with van der Waals surface area (Å²) >= 11 is 0. The standard InChI is InChI=1S/C25H35N3O2/c1-17-15-18-9-6-4-3-5-7-10-19-12-13-21(27-19)24(18)25(30-17)23(29-2)16-22(28-25)20-11-8-14-26-20/h8,11-14,17-18,23-24,26-27H,3-7,9-10,15-16H2,1-2H3/t17-,18-,23+,24-,25-/m0/s1. The van der Waals surface area contributed by atoms with Gasteiger partial charge in [0.15, 0.2) is 5.72 Å². The first-order valence-corrected chi connectivity index (χ1v) is 11.8. The molecular formula is C25H35N3O2. The molecule has 3 aliphatic heterocycles. The van der Waals surface area contributed by atoms with E-state index in [0.717, 1.165) is 30.7 Å². The van der Waals surface area contributed by atoms with Crippen LogP contribution in [0.4, 0.5) is 0 Å². The first-order chi connectivity index (χ1) is 14.7. The Kier molecular flexibility index (Phi) is 5.59. The Balaban J connectivity index is 1.60. The van der Waals surface area contributed by atoms with Gasteiger partial charge >= 0.3 is 0 Å². The zero-order chi connectivity index (χ0) is 20.6. The fourth-order valence-corrected chi connectivity index (χ4v) is 6.10. The van der Waals surface area contributed by atoms with Gasteiger partial charge in [-0.15, -0.1) is 0 Å². The van der Waals surface area contributed by atoms with Crippen LogP contribution in [0.3, 0.4) is 0 Å². The van der Waals surface area contributed by atoms with Crippen molar-refractivity contribution < 1.29 is 9.47 Å². The van der Waals surface area contributed by atoms with E-state index in [4.69, 9.17) is 14.5 Å².